The molecule has 1 aromatic carbocycles. The number of morpholine rings is 1. The van der Waals surface area contributed by atoms with Crippen LogP contribution in [-0.4, -0.2) is 63.3 Å². The summed E-state index contributed by atoms with van der Waals surface area (Å²) in [6.45, 7) is 16.3. The molecule has 0 aromatic heterocycles. The number of benzene rings is 1. The first kappa shape index (κ1) is 20.7. The topological polar surface area (TPSA) is 48.9 Å². The van der Waals surface area contributed by atoms with Crippen molar-refractivity contribution < 1.29 is 4.74 Å². The Labute approximate surface area is 159 Å². The zero-order chi connectivity index (χ0) is 18.8. The summed E-state index contributed by atoms with van der Waals surface area (Å²) < 4.78 is 5.42. The third-order valence-corrected chi connectivity index (χ3v) is 4.80. The lowest BCUT2D eigenvalue weighted by atomic mass is 10.0. The summed E-state index contributed by atoms with van der Waals surface area (Å²) in [5, 5.41) is 6.86. The molecule has 0 radical (unpaired) electrons. The van der Waals surface area contributed by atoms with Crippen molar-refractivity contribution in [2.75, 3.05) is 52.5 Å². The van der Waals surface area contributed by atoms with Gasteiger partial charge in [0.15, 0.2) is 5.96 Å². The fraction of sp³-hybridized carbons (Fsp3) is 0.667. The van der Waals surface area contributed by atoms with Crippen LogP contribution in [-0.2, 0) is 4.74 Å². The van der Waals surface area contributed by atoms with Crippen molar-refractivity contribution in [3.8, 4) is 0 Å². The first-order valence-electron chi connectivity index (χ1n) is 9.97. The zero-order valence-electron chi connectivity index (χ0n) is 16.9. The molecule has 1 aliphatic heterocycles. The lowest BCUT2D eigenvalue weighted by molar-refractivity contribution is 0.0323. The van der Waals surface area contributed by atoms with E-state index in [1.54, 1.807) is 0 Å². The fourth-order valence-corrected chi connectivity index (χ4v) is 3.13. The van der Waals surface area contributed by atoms with Crippen LogP contribution in [0.15, 0.2) is 29.3 Å². The molecule has 26 heavy (non-hydrogen) atoms. The van der Waals surface area contributed by atoms with Gasteiger partial charge in [0.05, 0.1) is 13.2 Å². The van der Waals surface area contributed by atoms with E-state index in [4.69, 9.17) is 9.73 Å². The predicted octanol–water partition coefficient (Wildman–Crippen LogP) is 2.62. The van der Waals surface area contributed by atoms with E-state index in [1.807, 2.05) is 0 Å². The highest BCUT2D eigenvalue weighted by atomic mass is 16.5. The van der Waals surface area contributed by atoms with Gasteiger partial charge in [-0.15, -0.1) is 0 Å². The number of nitrogens with one attached hydrogen (secondary N) is 2. The summed E-state index contributed by atoms with van der Waals surface area (Å²) >= 11 is 0. The summed E-state index contributed by atoms with van der Waals surface area (Å²) in [5.74, 6) is 1.91. The number of ether oxygens (including phenoxy) is 1. The minimum absolute atomic E-state index is 0.449. The first-order chi connectivity index (χ1) is 12.6. The van der Waals surface area contributed by atoms with Gasteiger partial charge in [-0.05, 0) is 31.2 Å². The van der Waals surface area contributed by atoms with Gasteiger partial charge < -0.3 is 15.4 Å². The second kappa shape index (κ2) is 11.2. The minimum Gasteiger partial charge on any atom is -0.379 e. The molecule has 0 aliphatic carbocycles. The number of hydrogen-bond donors (Lipinski definition) is 2. The molecule has 2 rings (SSSR count). The lowest BCUT2D eigenvalue weighted by Crippen LogP contribution is -2.41. The molecule has 2 atom stereocenters. The molecular formula is C21H36N4O. The van der Waals surface area contributed by atoms with E-state index in [-0.39, 0.29) is 0 Å². The SMILES string of the molecule is CCNC(=NCC(C)CN1CCOCC1)NCC(C)c1ccc(C)cc1. The molecule has 0 saturated carbocycles. The van der Waals surface area contributed by atoms with Crippen LogP contribution >= 0.6 is 0 Å². The van der Waals surface area contributed by atoms with E-state index >= 15 is 0 Å². The van der Waals surface area contributed by atoms with Crippen LogP contribution in [0.2, 0.25) is 0 Å². The highest BCUT2D eigenvalue weighted by molar-refractivity contribution is 5.79. The smallest absolute Gasteiger partial charge is 0.191 e. The Morgan fingerprint density at radius 3 is 2.50 bits per heavy atom. The number of rotatable bonds is 8. The molecule has 1 aromatic rings. The molecule has 1 saturated heterocycles. The highest BCUT2D eigenvalue weighted by Gasteiger charge is 2.14. The number of aryl methyl sites for hydroxylation is 1. The van der Waals surface area contributed by atoms with E-state index in [2.05, 4.69) is 67.5 Å². The van der Waals surface area contributed by atoms with Crippen molar-refractivity contribution in [3.05, 3.63) is 35.4 Å². The monoisotopic (exact) mass is 360 g/mol. The number of guanidine groups is 1. The zero-order valence-corrected chi connectivity index (χ0v) is 16.9. The van der Waals surface area contributed by atoms with Crippen molar-refractivity contribution in [1.29, 1.82) is 0 Å². The summed E-state index contributed by atoms with van der Waals surface area (Å²) in [7, 11) is 0. The summed E-state index contributed by atoms with van der Waals surface area (Å²) in [5.41, 5.74) is 2.66. The molecule has 2 N–H and O–H groups in total. The van der Waals surface area contributed by atoms with E-state index in [0.717, 1.165) is 58.4 Å². The molecule has 0 amide bonds. The molecular weight excluding hydrogens is 324 g/mol. The molecule has 1 heterocycles. The Morgan fingerprint density at radius 2 is 1.85 bits per heavy atom. The second-order valence-electron chi connectivity index (χ2n) is 7.43. The quantitative estimate of drug-likeness (QED) is 0.553. The maximum absolute atomic E-state index is 5.42. The van der Waals surface area contributed by atoms with E-state index in [1.165, 1.54) is 11.1 Å². The molecule has 5 heteroatoms. The van der Waals surface area contributed by atoms with Crippen molar-refractivity contribution >= 4 is 5.96 Å². The molecule has 1 aliphatic rings. The Hall–Kier alpha value is -1.59. The highest BCUT2D eigenvalue weighted by Crippen LogP contribution is 2.14. The molecule has 2 unspecified atom stereocenters. The molecule has 1 fully saturated rings. The van der Waals surface area contributed by atoms with Crippen LogP contribution in [0.5, 0.6) is 0 Å². The summed E-state index contributed by atoms with van der Waals surface area (Å²) in [6.07, 6.45) is 0. The van der Waals surface area contributed by atoms with Gasteiger partial charge in [0.1, 0.15) is 0 Å². The first-order valence-corrected chi connectivity index (χ1v) is 9.97. The van der Waals surface area contributed by atoms with Gasteiger partial charge in [0, 0.05) is 39.3 Å². The van der Waals surface area contributed by atoms with Gasteiger partial charge in [-0.1, -0.05) is 43.7 Å². The third kappa shape index (κ3) is 7.34. The van der Waals surface area contributed by atoms with Gasteiger partial charge in [-0.2, -0.15) is 0 Å². The van der Waals surface area contributed by atoms with Crippen LogP contribution in [0.4, 0.5) is 0 Å². The number of nitrogens with zero attached hydrogens (tertiary/aromatic N) is 2. The predicted molar refractivity (Wildman–Crippen MR) is 110 cm³/mol. The Morgan fingerprint density at radius 1 is 1.15 bits per heavy atom. The van der Waals surface area contributed by atoms with Crippen molar-refractivity contribution in [2.45, 2.75) is 33.6 Å². The largest absolute Gasteiger partial charge is 0.379 e. The average Bonchev–Trinajstić information content (AvgIpc) is 2.65. The van der Waals surface area contributed by atoms with Crippen molar-refractivity contribution in [2.24, 2.45) is 10.9 Å². The molecule has 0 bridgehead atoms. The van der Waals surface area contributed by atoms with Gasteiger partial charge in [-0.3, -0.25) is 9.89 Å². The number of hydrogen-bond acceptors (Lipinski definition) is 3. The average molecular weight is 361 g/mol. The molecule has 146 valence electrons. The third-order valence-electron chi connectivity index (χ3n) is 4.80. The fourth-order valence-electron chi connectivity index (χ4n) is 3.13. The van der Waals surface area contributed by atoms with Gasteiger partial charge in [0.25, 0.3) is 0 Å². The lowest BCUT2D eigenvalue weighted by Gasteiger charge is -2.28. The maximum Gasteiger partial charge on any atom is 0.191 e. The van der Waals surface area contributed by atoms with E-state index in [9.17, 15) is 0 Å². The van der Waals surface area contributed by atoms with Crippen LogP contribution in [0, 0.1) is 12.8 Å². The van der Waals surface area contributed by atoms with Crippen LogP contribution in [0.25, 0.3) is 0 Å². The number of aliphatic imine (C=N–C) groups is 1. The second-order valence-corrected chi connectivity index (χ2v) is 7.43. The van der Waals surface area contributed by atoms with Gasteiger partial charge in [0.2, 0.25) is 0 Å². The summed E-state index contributed by atoms with van der Waals surface area (Å²) in [6, 6.07) is 8.79. The summed E-state index contributed by atoms with van der Waals surface area (Å²) in [4.78, 5) is 7.27. The maximum atomic E-state index is 5.42. The minimum atomic E-state index is 0.449. The standard InChI is InChI=1S/C21H36N4O/c1-5-22-21(23-14-18(3)16-25-10-12-26-13-11-25)24-15-19(4)20-8-6-17(2)7-9-20/h6-9,18-19H,5,10-16H2,1-4H3,(H2,22,23,24). The Bertz CT molecular complexity index is 537. The Kier molecular flexibility index (Phi) is 8.92. The van der Waals surface area contributed by atoms with Crippen LogP contribution < -0.4 is 10.6 Å². The van der Waals surface area contributed by atoms with Crippen LogP contribution in [0.1, 0.15) is 37.8 Å². The molecule has 0 spiro atoms. The Balaban J connectivity index is 1.80. The normalized spacial score (nSPS) is 18.4. The van der Waals surface area contributed by atoms with Crippen molar-refractivity contribution in [1.82, 2.24) is 15.5 Å². The van der Waals surface area contributed by atoms with E-state index < -0.39 is 0 Å². The van der Waals surface area contributed by atoms with Crippen LogP contribution in [0.3, 0.4) is 0 Å². The van der Waals surface area contributed by atoms with Gasteiger partial charge in [-0.25, -0.2) is 0 Å². The van der Waals surface area contributed by atoms with Gasteiger partial charge >= 0.3 is 0 Å². The molecule has 5 nitrogen and oxygen atoms in total. The van der Waals surface area contributed by atoms with Crippen molar-refractivity contribution in [3.63, 3.8) is 0 Å². The van der Waals surface area contributed by atoms with E-state index in [0.29, 0.717) is 11.8 Å².